The van der Waals surface area contributed by atoms with Crippen molar-refractivity contribution in [2.75, 3.05) is 13.8 Å². The molecule has 0 aromatic rings. The number of amides is 2. The quantitative estimate of drug-likeness (QED) is 0.770. The lowest BCUT2D eigenvalue weighted by Gasteiger charge is -2.19. The molecular weight excluding hydrogens is 240 g/mol. The maximum atomic E-state index is 11.6. The smallest absolute Gasteiger partial charge is 0.316 e. The van der Waals surface area contributed by atoms with Crippen molar-refractivity contribution in [2.45, 2.75) is 76.7 Å². The average molecular weight is 270 g/mol. The minimum Gasteiger partial charge on any atom is -0.364 e. The van der Waals surface area contributed by atoms with E-state index < -0.39 is 0 Å². The maximum Gasteiger partial charge on any atom is 0.316 e. The fraction of sp³-hybridized carbons (Fsp3) is 0.933. The first kappa shape index (κ1) is 16.3. The van der Waals surface area contributed by atoms with E-state index in [1.807, 2.05) is 0 Å². The molecule has 0 aromatic heterocycles. The summed E-state index contributed by atoms with van der Waals surface area (Å²) in [7, 11) is 1.58. The van der Waals surface area contributed by atoms with Gasteiger partial charge in [0, 0.05) is 13.2 Å². The maximum absolute atomic E-state index is 11.6. The van der Waals surface area contributed by atoms with Crippen LogP contribution in [0.5, 0.6) is 0 Å². The lowest BCUT2D eigenvalue weighted by Crippen LogP contribution is -2.42. The van der Waals surface area contributed by atoms with Crippen molar-refractivity contribution in [1.82, 2.24) is 10.6 Å². The molecule has 1 saturated carbocycles. The third-order valence-corrected chi connectivity index (χ3v) is 3.82. The Hall–Kier alpha value is -0.770. The van der Waals surface area contributed by atoms with Crippen LogP contribution in [0.4, 0.5) is 4.79 Å². The van der Waals surface area contributed by atoms with E-state index >= 15 is 0 Å². The van der Waals surface area contributed by atoms with Gasteiger partial charge in [-0.25, -0.2) is 4.79 Å². The first-order valence-corrected chi connectivity index (χ1v) is 7.86. The summed E-state index contributed by atoms with van der Waals surface area (Å²) in [6.07, 6.45) is 14.2. The summed E-state index contributed by atoms with van der Waals surface area (Å²) in [6, 6.07) is 0.232. The number of carbonyl (C=O) groups is 1. The van der Waals surface area contributed by atoms with Crippen LogP contribution < -0.4 is 10.6 Å². The molecule has 0 unspecified atom stereocenters. The second kappa shape index (κ2) is 11.1. The Kier molecular flexibility index (Phi) is 9.51. The van der Waals surface area contributed by atoms with Crippen LogP contribution in [0.2, 0.25) is 0 Å². The SMILES string of the molecule is COCNC(=O)NC1CCCCCCCCCCC1. The van der Waals surface area contributed by atoms with Gasteiger partial charge in [-0.3, -0.25) is 0 Å². The second-order valence-corrected chi connectivity index (χ2v) is 5.54. The molecule has 0 radical (unpaired) electrons. The molecule has 2 amide bonds. The third kappa shape index (κ3) is 8.87. The molecule has 1 aliphatic rings. The van der Waals surface area contributed by atoms with E-state index in [1.165, 1.54) is 57.8 Å². The van der Waals surface area contributed by atoms with Crippen LogP contribution in [-0.4, -0.2) is 25.9 Å². The van der Waals surface area contributed by atoms with Gasteiger partial charge in [0.2, 0.25) is 0 Å². The number of nitrogens with one attached hydrogen (secondary N) is 2. The van der Waals surface area contributed by atoms with Crippen LogP contribution in [0.3, 0.4) is 0 Å². The molecule has 112 valence electrons. The van der Waals surface area contributed by atoms with Crippen LogP contribution in [0, 0.1) is 0 Å². The van der Waals surface area contributed by atoms with Crippen LogP contribution in [0.1, 0.15) is 70.6 Å². The summed E-state index contributed by atoms with van der Waals surface area (Å²) in [5, 5.41) is 5.77. The molecule has 0 bridgehead atoms. The summed E-state index contributed by atoms with van der Waals surface area (Å²) in [5.41, 5.74) is 0. The van der Waals surface area contributed by atoms with Crippen molar-refractivity contribution in [3.63, 3.8) is 0 Å². The van der Waals surface area contributed by atoms with E-state index in [9.17, 15) is 4.79 Å². The lowest BCUT2D eigenvalue weighted by molar-refractivity contribution is 0.170. The number of urea groups is 1. The van der Waals surface area contributed by atoms with Crippen molar-refractivity contribution in [3.8, 4) is 0 Å². The standard InChI is InChI=1S/C15H30N2O2/c1-19-13-16-15(18)17-14-11-9-7-5-3-2-4-6-8-10-12-14/h14H,2-13H2,1H3,(H2,16,17,18). The number of ether oxygens (including phenoxy) is 1. The summed E-state index contributed by atoms with van der Waals surface area (Å²) in [5.74, 6) is 0. The summed E-state index contributed by atoms with van der Waals surface area (Å²) >= 11 is 0. The van der Waals surface area contributed by atoms with Gasteiger partial charge in [-0.05, 0) is 12.8 Å². The predicted octanol–water partition coefficient (Wildman–Crippen LogP) is 3.56. The molecule has 0 aliphatic heterocycles. The highest BCUT2D eigenvalue weighted by molar-refractivity contribution is 5.73. The van der Waals surface area contributed by atoms with Gasteiger partial charge in [-0.1, -0.05) is 57.8 Å². The highest BCUT2D eigenvalue weighted by Crippen LogP contribution is 2.16. The molecule has 4 heteroatoms. The molecule has 0 spiro atoms. The molecule has 19 heavy (non-hydrogen) atoms. The van der Waals surface area contributed by atoms with Crippen molar-refractivity contribution >= 4 is 6.03 Å². The predicted molar refractivity (Wildman–Crippen MR) is 78.1 cm³/mol. The number of hydrogen-bond donors (Lipinski definition) is 2. The minimum absolute atomic E-state index is 0.0982. The second-order valence-electron chi connectivity index (χ2n) is 5.54. The molecule has 0 saturated heterocycles. The number of rotatable bonds is 3. The number of hydrogen-bond acceptors (Lipinski definition) is 2. The fourth-order valence-electron chi connectivity index (χ4n) is 2.68. The van der Waals surface area contributed by atoms with E-state index in [2.05, 4.69) is 10.6 Å². The zero-order valence-electron chi connectivity index (χ0n) is 12.4. The highest BCUT2D eigenvalue weighted by Gasteiger charge is 2.12. The molecule has 0 aromatic carbocycles. The van der Waals surface area contributed by atoms with Crippen LogP contribution in [0.25, 0.3) is 0 Å². The Morgan fingerprint density at radius 2 is 1.42 bits per heavy atom. The van der Waals surface area contributed by atoms with Crippen molar-refractivity contribution < 1.29 is 9.53 Å². The number of carbonyl (C=O) groups excluding carboxylic acids is 1. The van der Waals surface area contributed by atoms with Gasteiger partial charge in [-0.2, -0.15) is 0 Å². The molecule has 1 aliphatic carbocycles. The molecule has 1 fully saturated rings. The average Bonchev–Trinajstić information content (AvgIpc) is 2.39. The first-order valence-electron chi connectivity index (χ1n) is 7.86. The van der Waals surface area contributed by atoms with Gasteiger partial charge in [0.25, 0.3) is 0 Å². The lowest BCUT2D eigenvalue weighted by atomic mass is 9.98. The van der Waals surface area contributed by atoms with Gasteiger partial charge in [0.1, 0.15) is 6.73 Å². The molecule has 0 atom stereocenters. The Morgan fingerprint density at radius 3 is 1.89 bits per heavy atom. The summed E-state index contributed by atoms with van der Waals surface area (Å²) in [4.78, 5) is 11.6. The van der Waals surface area contributed by atoms with E-state index in [0.717, 1.165) is 12.8 Å². The van der Waals surface area contributed by atoms with Crippen LogP contribution >= 0.6 is 0 Å². The Balaban J connectivity index is 2.27. The Morgan fingerprint density at radius 1 is 0.947 bits per heavy atom. The van der Waals surface area contributed by atoms with Gasteiger partial charge in [0.15, 0.2) is 0 Å². The van der Waals surface area contributed by atoms with Crippen molar-refractivity contribution in [2.24, 2.45) is 0 Å². The Bertz CT molecular complexity index is 222. The zero-order chi connectivity index (χ0) is 13.8. The van der Waals surface area contributed by atoms with E-state index in [-0.39, 0.29) is 12.8 Å². The topological polar surface area (TPSA) is 50.4 Å². The number of methoxy groups -OCH3 is 1. The van der Waals surface area contributed by atoms with Crippen LogP contribution in [-0.2, 0) is 4.74 Å². The normalized spacial score (nSPS) is 20.1. The fourth-order valence-corrected chi connectivity index (χ4v) is 2.68. The first-order chi connectivity index (χ1) is 9.33. The minimum atomic E-state index is -0.0982. The van der Waals surface area contributed by atoms with Gasteiger partial charge >= 0.3 is 6.03 Å². The van der Waals surface area contributed by atoms with Gasteiger partial charge in [0.05, 0.1) is 0 Å². The third-order valence-electron chi connectivity index (χ3n) is 3.82. The van der Waals surface area contributed by atoms with E-state index in [1.54, 1.807) is 7.11 Å². The zero-order valence-corrected chi connectivity index (χ0v) is 12.4. The van der Waals surface area contributed by atoms with Crippen molar-refractivity contribution in [3.05, 3.63) is 0 Å². The summed E-state index contributed by atoms with van der Waals surface area (Å²) in [6.45, 7) is 0.276. The molecule has 4 nitrogen and oxygen atoms in total. The monoisotopic (exact) mass is 270 g/mol. The molecule has 0 heterocycles. The highest BCUT2D eigenvalue weighted by atomic mass is 16.5. The van der Waals surface area contributed by atoms with E-state index in [0.29, 0.717) is 6.04 Å². The summed E-state index contributed by atoms with van der Waals surface area (Å²) < 4.78 is 4.84. The Labute approximate surface area is 117 Å². The largest absolute Gasteiger partial charge is 0.364 e. The molecular formula is C15H30N2O2. The van der Waals surface area contributed by atoms with Crippen molar-refractivity contribution in [1.29, 1.82) is 0 Å². The van der Waals surface area contributed by atoms with E-state index in [4.69, 9.17) is 4.74 Å². The van der Waals surface area contributed by atoms with Gasteiger partial charge in [-0.15, -0.1) is 0 Å². The molecule has 2 N–H and O–H groups in total. The van der Waals surface area contributed by atoms with Gasteiger partial charge < -0.3 is 15.4 Å². The molecule has 1 rings (SSSR count). The van der Waals surface area contributed by atoms with Crippen LogP contribution in [0.15, 0.2) is 0 Å².